The summed E-state index contributed by atoms with van der Waals surface area (Å²) in [6.07, 6.45) is -3.16. The molecule has 1 rings (SSSR count). The van der Waals surface area contributed by atoms with E-state index in [1.165, 1.54) is 6.07 Å². The second-order valence-corrected chi connectivity index (χ2v) is 3.79. The molecule has 0 bridgehead atoms. The number of hydrogen-bond acceptors (Lipinski definition) is 4. The molecular formula is C10H7BrF2N2O2. The highest BCUT2D eigenvalue weighted by Gasteiger charge is 2.20. The third kappa shape index (κ3) is 3.20. The van der Waals surface area contributed by atoms with E-state index in [-0.39, 0.29) is 22.2 Å². The Hall–Kier alpha value is -1.55. The lowest BCUT2D eigenvalue weighted by atomic mass is 10.1. The van der Waals surface area contributed by atoms with Crippen LogP contribution in [0.3, 0.4) is 0 Å². The summed E-state index contributed by atoms with van der Waals surface area (Å²) in [5.74, 6) is -0.667. The number of hydrogen-bond donors (Lipinski definition) is 0. The van der Waals surface area contributed by atoms with Crippen LogP contribution in [0, 0.1) is 11.3 Å². The third-order valence-electron chi connectivity index (χ3n) is 1.98. The molecular weight excluding hydrogens is 298 g/mol. The molecule has 7 heteroatoms. The van der Waals surface area contributed by atoms with E-state index in [4.69, 9.17) is 5.26 Å². The predicted octanol–water partition coefficient (Wildman–Crippen LogP) is 2.37. The number of carbonyl (C=O) groups excluding carboxylic acids is 1. The molecule has 0 aliphatic rings. The first-order chi connectivity index (χ1) is 7.99. The minimum Gasteiger partial charge on any atom is -0.469 e. The van der Waals surface area contributed by atoms with E-state index in [0.717, 1.165) is 7.11 Å². The molecule has 0 N–H and O–H groups in total. The summed E-state index contributed by atoms with van der Waals surface area (Å²) < 4.78 is 29.8. The smallest absolute Gasteiger partial charge is 0.310 e. The van der Waals surface area contributed by atoms with Crippen LogP contribution in [-0.2, 0) is 16.0 Å². The summed E-state index contributed by atoms with van der Waals surface area (Å²) in [6.45, 7) is 0. The van der Waals surface area contributed by atoms with Gasteiger partial charge in [-0.05, 0) is 27.6 Å². The number of carbonyl (C=O) groups is 1. The monoisotopic (exact) mass is 304 g/mol. The number of methoxy groups -OCH3 is 1. The Balaban J connectivity index is 3.25. The van der Waals surface area contributed by atoms with Crippen LogP contribution in [0.2, 0.25) is 0 Å². The first-order valence-corrected chi connectivity index (χ1v) is 5.23. The number of alkyl halides is 2. The van der Waals surface area contributed by atoms with Crippen LogP contribution in [0.15, 0.2) is 10.7 Å². The average Bonchev–Trinajstić information content (AvgIpc) is 2.30. The number of aromatic nitrogens is 1. The van der Waals surface area contributed by atoms with Gasteiger partial charge in [0.2, 0.25) is 0 Å². The molecule has 0 atom stereocenters. The molecule has 17 heavy (non-hydrogen) atoms. The summed E-state index contributed by atoms with van der Waals surface area (Å²) in [5.41, 5.74) is -0.443. The third-order valence-corrected chi connectivity index (χ3v) is 2.58. The molecule has 0 saturated heterocycles. The van der Waals surface area contributed by atoms with Gasteiger partial charge in [-0.15, -0.1) is 0 Å². The number of pyridine rings is 1. The predicted molar refractivity (Wildman–Crippen MR) is 57.3 cm³/mol. The summed E-state index contributed by atoms with van der Waals surface area (Å²) >= 11 is 2.91. The minimum absolute atomic E-state index is 0.00778. The van der Waals surface area contributed by atoms with Gasteiger partial charge in [-0.3, -0.25) is 4.79 Å². The van der Waals surface area contributed by atoms with E-state index < -0.39 is 18.1 Å². The van der Waals surface area contributed by atoms with Crippen LogP contribution < -0.4 is 0 Å². The maximum atomic E-state index is 12.7. The maximum absolute atomic E-state index is 12.7. The molecule has 0 amide bonds. The Kier molecular flexibility index (Phi) is 4.52. The van der Waals surface area contributed by atoms with Crippen molar-refractivity contribution in [2.75, 3.05) is 7.11 Å². The van der Waals surface area contributed by atoms with Crippen LogP contribution in [-0.4, -0.2) is 18.1 Å². The Morgan fingerprint density at radius 2 is 2.35 bits per heavy atom. The van der Waals surface area contributed by atoms with Gasteiger partial charge in [-0.2, -0.15) is 5.26 Å². The van der Waals surface area contributed by atoms with Gasteiger partial charge in [0.1, 0.15) is 16.4 Å². The SMILES string of the molecule is COC(=O)Cc1cc(C#N)c(Br)nc1C(F)F. The fourth-order valence-corrected chi connectivity index (χ4v) is 1.58. The molecule has 1 heterocycles. The van der Waals surface area contributed by atoms with E-state index in [9.17, 15) is 13.6 Å². The highest BCUT2D eigenvalue weighted by Crippen LogP contribution is 2.26. The molecule has 0 spiro atoms. The van der Waals surface area contributed by atoms with E-state index in [1.54, 1.807) is 6.07 Å². The van der Waals surface area contributed by atoms with E-state index in [2.05, 4.69) is 25.7 Å². The lowest BCUT2D eigenvalue weighted by Gasteiger charge is -2.08. The zero-order chi connectivity index (χ0) is 13.0. The van der Waals surface area contributed by atoms with Gasteiger partial charge >= 0.3 is 5.97 Å². The van der Waals surface area contributed by atoms with Crippen molar-refractivity contribution in [3.63, 3.8) is 0 Å². The van der Waals surface area contributed by atoms with Crippen LogP contribution in [0.25, 0.3) is 0 Å². The molecule has 0 unspecified atom stereocenters. The van der Waals surface area contributed by atoms with Crippen molar-refractivity contribution < 1.29 is 18.3 Å². The summed E-state index contributed by atoms with van der Waals surface area (Å²) in [4.78, 5) is 14.6. The fraction of sp³-hybridized carbons (Fsp3) is 0.300. The molecule has 1 aromatic heterocycles. The highest BCUT2D eigenvalue weighted by molar-refractivity contribution is 9.10. The van der Waals surface area contributed by atoms with Crippen molar-refractivity contribution in [1.29, 1.82) is 5.26 Å². The van der Waals surface area contributed by atoms with Crippen molar-refractivity contribution >= 4 is 21.9 Å². The van der Waals surface area contributed by atoms with Gasteiger partial charge in [-0.25, -0.2) is 13.8 Å². The number of rotatable bonds is 3. The second-order valence-electron chi connectivity index (χ2n) is 3.04. The molecule has 0 aliphatic heterocycles. The quantitative estimate of drug-likeness (QED) is 0.635. The zero-order valence-corrected chi connectivity index (χ0v) is 10.3. The van der Waals surface area contributed by atoms with Crippen molar-refractivity contribution in [1.82, 2.24) is 4.98 Å². The molecule has 0 saturated carbocycles. The van der Waals surface area contributed by atoms with Crippen molar-refractivity contribution in [2.45, 2.75) is 12.8 Å². The van der Waals surface area contributed by atoms with Gasteiger partial charge in [0.15, 0.2) is 0 Å². The molecule has 0 aromatic carbocycles. The normalized spacial score (nSPS) is 10.1. The number of nitriles is 1. The number of nitrogens with zero attached hydrogens (tertiary/aromatic N) is 2. The first kappa shape index (κ1) is 13.5. The van der Waals surface area contributed by atoms with Crippen molar-refractivity contribution in [3.8, 4) is 6.07 Å². The molecule has 4 nitrogen and oxygen atoms in total. The van der Waals surface area contributed by atoms with Gasteiger partial charge in [0, 0.05) is 0 Å². The zero-order valence-electron chi connectivity index (χ0n) is 8.71. The summed E-state index contributed by atoms with van der Waals surface area (Å²) in [5, 5.41) is 8.74. The standard InChI is InChI=1S/C10H7BrF2N2O2/c1-17-7(16)3-5-2-6(4-14)9(11)15-8(5)10(12)13/h2,10H,3H2,1H3. The largest absolute Gasteiger partial charge is 0.469 e. The first-order valence-electron chi connectivity index (χ1n) is 4.44. The molecule has 0 aliphatic carbocycles. The van der Waals surface area contributed by atoms with E-state index in [0.29, 0.717) is 0 Å². The van der Waals surface area contributed by atoms with Crippen molar-refractivity contribution in [3.05, 3.63) is 27.5 Å². The number of esters is 1. The van der Waals surface area contributed by atoms with Crippen LogP contribution in [0.5, 0.6) is 0 Å². The molecule has 0 fully saturated rings. The van der Waals surface area contributed by atoms with E-state index in [1.807, 2.05) is 0 Å². The lowest BCUT2D eigenvalue weighted by molar-refractivity contribution is -0.139. The minimum atomic E-state index is -2.82. The Morgan fingerprint density at radius 1 is 1.71 bits per heavy atom. The fourth-order valence-electron chi connectivity index (χ4n) is 1.18. The topological polar surface area (TPSA) is 63.0 Å². The Bertz CT molecular complexity index is 486. The van der Waals surface area contributed by atoms with E-state index >= 15 is 0 Å². The molecule has 1 aromatic rings. The maximum Gasteiger partial charge on any atom is 0.310 e. The second kappa shape index (κ2) is 5.68. The van der Waals surface area contributed by atoms with Gasteiger partial charge in [0.25, 0.3) is 6.43 Å². The van der Waals surface area contributed by atoms with Gasteiger partial charge in [0.05, 0.1) is 19.1 Å². The Morgan fingerprint density at radius 3 is 2.82 bits per heavy atom. The highest BCUT2D eigenvalue weighted by atomic mass is 79.9. The summed E-state index contributed by atoms with van der Waals surface area (Å²) in [6, 6.07) is 2.99. The lowest BCUT2D eigenvalue weighted by Crippen LogP contribution is -2.09. The summed E-state index contributed by atoms with van der Waals surface area (Å²) in [7, 11) is 1.15. The van der Waals surface area contributed by atoms with Crippen molar-refractivity contribution in [2.24, 2.45) is 0 Å². The van der Waals surface area contributed by atoms with Crippen LogP contribution in [0.1, 0.15) is 23.2 Å². The molecule has 0 radical (unpaired) electrons. The average molecular weight is 305 g/mol. The van der Waals surface area contributed by atoms with Gasteiger partial charge in [-0.1, -0.05) is 0 Å². The Labute approximate surface area is 104 Å². The molecule has 90 valence electrons. The van der Waals surface area contributed by atoms with Crippen LogP contribution >= 0.6 is 15.9 Å². The van der Waals surface area contributed by atoms with Crippen LogP contribution in [0.4, 0.5) is 8.78 Å². The number of halogens is 3. The van der Waals surface area contributed by atoms with Gasteiger partial charge < -0.3 is 4.74 Å². The number of ether oxygens (including phenoxy) is 1.